The Morgan fingerprint density at radius 2 is 2.10 bits per heavy atom. The van der Waals surface area contributed by atoms with E-state index in [0.717, 1.165) is 17.4 Å². The van der Waals surface area contributed by atoms with Crippen LogP contribution in [-0.2, 0) is 11.3 Å². The Hall–Kier alpha value is -3.61. The Labute approximate surface area is 178 Å². The standard InChI is InChI=1S/C21H24N6O4/c1-12(2)9-26-19-14(3-6-16(28)25-10-13(7-22)11-25)8-23-27(19)21(31)17(20(26)30)18(29)24-15-4-5-15/h3,6,8,12-13,15,31H,4-5,9-11H2,1-2H3,(H,24,29). The number of hydrogen-bond donors (Lipinski definition) is 2. The lowest BCUT2D eigenvalue weighted by Crippen LogP contribution is -2.48. The molecule has 2 aromatic rings. The van der Waals surface area contributed by atoms with Crippen LogP contribution < -0.4 is 10.9 Å². The van der Waals surface area contributed by atoms with Crippen molar-refractivity contribution in [3.8, 4) is 11.9 Å². The normalized spacial score (nSPS) is 16.6. The van der Waals surface area contributed by atoms with E-state index >= 15 is 0 Å². The average molecular weight is 424 g/mol. The number of nitrogens with one attached hydrogen (secondary N) is 1. The Kier molecular flexibility index (Phi) is 5.27. The number of rotatable bonds is 6. The number of nitriles is 1. The minimum atomic E-state index is -0.614. The third kappa shape index (κ3) is 3.91. The van der Waals surface area contributed by atoms with Crippen molar-refractivity contribution in [2.45, 2.75) is 39.3 Å². The van der Waals surface area contributed by atoms with Gasteiger partial charge in [-0.2, -0.15) is 14.9 Å². The fourth-order valence-corrected chi connectivity index (χ4v) is 3.56. The molecule has 2 amide bonds. The van der Waals surface area contributed by atoms with Gasteiger partial charge in [0.05, 0.1) is 18.2 Å². The molecule has 0 bridgehead atoms. The molecule has 0 radical (unpaired) electrons. The maximum absolute atomic E-state index is 13.2. The van der Waals surface area contributed by atoms with Gasteiger partial charge in [-0.05, 0) is 24.8 Å². The molecule has 0 unspecified atom stereocenters. The fourth-order valence-electron chi connectivity index (χ4n) is 3.56. The Morgan fingerprint density at radius 1 is 1.39 bits per heavy atom. The predicted octanol–water partition coefficient (Wildman–Crippen LogP) is 0.745. The molecular formula is C21H24N6O4. The van der Waals surface area contributed by atoms with Crippen LogP contribution in [-0.4, -0.2) is 55.1 Å². The lowest BCUT2D eigenvalue weighted by atomic mass is 10.0. The predicted molar refractivity (Wildman–Crippen MR) is 111 cm³/mol. The van der Waals surface area contributed by atoms with Crippen molar-refractivity contribution >= 4 is 23.5 Å². The zero-order valence-electron chi connectivity index (χ0n) is 17.4. The molecule has 10 nitrogen and oxygen atoms in total. The zero-order valence-corrected chi connectivity index (χ0v) is 17.4. The number of fused-ring (bicyclic) bond motifs is 1. The maximum atomic E-state index is 13.2. The molecule has 0 aromatic carbocycles. The van der Waals surface area contributed by atoms with E-state index in [1.807, 2.05) is 13.8 Å². The van der Waals surface area contributed by atoms with Crippen LogP contribution in [0.25, 0.3) is 11.7 Å². The molecule has 31 heavy (non-hydrogen) atoms. The monoisotopic (exact) mass is 424 g/mol. The number of hydrogen-bond acceptors (Lipinski definition) is 6. The van der Waals surface area contributed by atoms with Gasteiger partial charge < -0.3 is 15.3 Å². The third-order valence-corrected chi connectivity index (χ3v) is 5.38. The van der Waals surface area contributed by atoms with E-state index in [-0.39, 0.29) is 29.3 Å². The molecule has 4 rings (SSSR count). The summed E-state index contributed by atoms with van der Waals surface area (Å²) in [4.78, 5) is 39.6. The summed E-state index contributed by atoms with van der Waals surface area (Å²) in [6, 6.07) is 2.15. The van der Waals surface area contributed by atoms with Crippen molar-refractivity contribution in [3.05, 3.63) is 33.8 Å². The van der Waals surface area contributed by atoms with E-state index in [2.05, 4.69) is 16.5 Å². The Balaban J connectivity index is 1.73. The molecule has 3 heterocycles. The van der Waals surface area contributed by atoms with Crippen molar-refractivity contribution < 1.29 is 14.7 Å². The van der Waals surface area contributed by atoms with E-state index < -0.39 is 17.3 Å². The summed E-state index contributed by atoms with van der Waals surface area (Å²) in [5, 5.41) is 26.4. The minimum Gasteiger partial charge on any atom is -0.492 e. The molecule has 1 aliphatic carbocycles. The molecule has 2 N–H and O–H groups in total. The third-order valence-electron chi connectivity index (χ3n) is 5.38. The summed E-state index contributed by atoms with van der Waals surface area (Å²) < 4.78 is 2.57. The highest BCUT2D eigenvalue weighted by molar-refractivity contribution is 5.97. The number of aromatic nitrogens is 3. The summed E-state index contributed by atoms with van der Waals surface area (Å²) in [5.74, 6) is -1.43. The molecular weight excluding hydrogens is 400 g/mol. The minimum absolute atomic E-state index is 0.0322. The van der Waals surface area contributed by atoms with Crippen LogP contribution in [0.2, 0.25) is 0 Å². The summed E-state index contributed by atoms with van der Waals surface area (Å²) in [5.41, 5.74) is -0.162. The van der Waals surface area contributed by atoms with E-state index in [4.69, 9.17) is 5.26 Å². The zero-order chi connectivity index (χ0) is 22.3. The van der Waals surface area contributed by atoms with Crippen LogP contribution in [0.3, 0.4) is 0 Å². The average Bonchev–Trinajstić information content (AvgIpc) is 3.38. The highest BCUT2D eigenvalue weighted by Crippen LogP contribution is 2.24. The van der Waals surface area contributed by atoms with Crippen LogP contribution in [0.5, 0.6) is 5.88 Å². The molecule has 162 valence electrons. The topological polar surface area (TPSA) is 133 Å². The Bertz CT molecular complexity index is 1180. The first-order chi connectivity index (χ1) is 14.8. The Morgan fingerprint density at radius 3 is 2.71 bits per heavy atom. The number of carbonyl (C=O) groups excluding carboxylic acids is 2. The SMILES string of the molecule is CC(C)Cn1c(=O)c(C(=O)NC2CC2)c(O)n2ncc(C=CC(=O)N3CC(C#N)C3)c12. The van der Waals surface area contributed by atoms with Gasteiger partial charge >= 0.3 is 0 Å². The van der Waals surface area contributed by atoms with Crippen molar-refractivity contribution in [1.29, 1.82) is 5.26 Å². The lowest BCUT2D eigenvalue weighted by molar-refractivity contribution is -0.130. The van der Waals surface area contributed by atoms with E-state index in [1.165, 1.54) is 22.9 Å². The van der Waals surface area contributed by atoms with Crippen LogP contribution in [0.1, 0.15) is 42.6 Å². The van der Waals surface area contributed by atoms with Gasteiger partial charge in [0.25, 0.3) is 11.5 Å². The van der Waals surface area contributed by atoms with Gasteiger partial charge in [-0.1, -0.05) is 13.8 Å². The van der Waals surface area contributed by atoms with Crippen LogP contribution in [0, 0.1) is 23.2 Å². The summed E-state index contributed by atoms with van der Waals surface area (Å²) in [6.07, 6.45) is 6.03. The van der Waals surface area contributed by atoms with Crippen molar-refractivity contribution in [2.75, 3.05) is 13.1 Å². The van der Waals surface area contributed by atoms with E-state index in [9.17, 15) is 19.5 Å². The van der Waals surface area contributed by atoms with Gasteiger partial charge in [0.15, 0.2) is 5.56 Å². The molecule has 1 saturated heterocycles. The maximum Gasteiger partial charge on any atom is 0.270 e. The van der Waals surface area contributed by atoms with E-state index in [1.54, 1.807) is 4.90 Å². The van der Waals surface area contributed by atoms with Gasteiger partial charge in [0, 0.05) is 37.3 Å². The first-order valence-electron chi connectivity index (χ1n) is 10.3. The first kappa shape index (κ1) is 20.7. The molecule has 2 fully saturated rings. The molecule has 0 atom stereocenters. The van der Waals surface area contributed by atoms with Crippen LogP contribution in [0.15, 0.2) is 17.1 Å². The largest absolute Gasteiger partial charge is 0.492 e. The second-order valence-corrected chi connectivity index (χ2v) is 8.49. The molecule has 10 heteroatoms. The van der Waals surface area contributed by atoms with Crippen molar-refractivity contribution in [1.82, 2.24) is 24.4 Å². The van der Waals surface area contributed by atoms with Gasteiger partial charge in [-0.15, -0.1) is 0 Å². The van der Waals surface area contributed by atoms with Crippen molar-refractivity contribution in [2.24, 2.45) is 11.8 Å². The number of nitrogens with zero attached hydrogens (tertiary/aromatic N) is 5. The van der Waals surface area contributed by atoms with Crippen LogP contribution in [0.4, 0.5) is 0 Å². The quantitative estimate of drug-likeness (QED) is 0.658. The highest BCUT2D eigenvalue weighted by Gasteiger charge is 2.31. The first-order valence-corrected chi connectivity index (χ1v) is 10.3. The fraction of sp³-hybridized carbons (Fsp3) is 0.476. The molecule has 1 saturated carbocycles. The molecule has 0 spiro atoms. The summed E-state index contributed by atoms with van der Waals surface area (Å²) in [7, 11) is 0. The molecule has 2 aliphatic rings. The molecule has 2 aromatic heterocycles. The second-order valence-electron chi connectivity index (χ2n) is 8.49. The van der Waals surface area contributed by atoms with Gasteiger partial charge in [-0.25, -0.2) is 0 Å². The van der Waals surface area contributed by atoms with Crippen LogP contribution >= 0.6 is 0 Å². The number of carbonyl (C=O) groups is 2. The van der Waals surface area contributed by atoms with Gasteiger partial charge in [0.1, 0.15) is 5.65 Å². The number of aromatic hydroxyl groups is 1. The second kappa shape index (κ2) is 7.91. The number of likely N-dealkylation sites (tertiary alicyclic amines) is 1. The molecule has 1 aliphatic heterocycles. The van der Waals surface area contributed by atoms with E-state index in [0.29, 0.717) is 30.8 Å². The highest BCUT2D eigenvalue weighted by atomic mass is 16.3. The van der Waals surface area contributed by atoms with Gasteiger partial charge in [-0.3, -0.25) is 19.0 Å². The van der Waals surface area contributed by atoms with Crippen molar-refractivity contribution in [3.63, 3.8) is 0 Å². The van der Waals surface area contributed by atoms with Gasteiger partial charge in [0.2, 0.25) is 11.8 Å². The summed E-state index contributed by atoms with van der Waals surface area (Å²) >= 11 is 0. The number of amides is 2. The summed E-state index contributed by atoms with van der Waals surface area (Å²) in [6.45, 7) is 4.97. The smallest absolute Gasteiger partial charge is 0.270 e. The lowest BCUT2D eigenvalue weighted by Gasteiger charge is -2.34.